The maximum Gasteiger partial charge on any atom is 0.237 e. The average molecular weight is 371 g/mol. The third-order valence-electron chi connectivity index (χ3n) is 4.09. The van der Waals surface area contributed by atoms with Gasteiger partial charge < -0.3 is 10.6 Å². The molecule has 0 saturated carbocycles. The van der Waals surface area contributed by atoms with Crippen LogP contribution in [-0.2, 0) is 9.59 Å². The van der Waals surface area contributed by atoms with Crippen LogP contribution in [0.25, 0.3) is 0 Å². The highest BCUT2D eigenvalue weighted by Gasteiger charge is 2.17. The van der Waals surface area contributed by atoms with Gasteiger partial charge in [-0.2, -0.15) is 0 Å². The molecule has 0 bridgehead atoms. The first-order chi connectivity index (χ1) is 12.3. The zero-order valence-electron chi connectivity index (χ0n) is 16.0. The monoisotopic (exact) mass is 370 g/mol. The predicted octanol–water partition coefficient (Wildman–Crippen LogP) is 4.62. The van der Waals surface area contributed by atoms with Crippen LogP contribution in [0.15, 0.2) is 36.4 Å². The summed E-state index contributed by atoms with van der Waals surface area (Å²) in [5.74, 6) is 0.0308. The van der Waals surface area contributed by atoms with E-state index in [2.05, 4.69) is 22.8 Å². The Morgan fingerprint density at radius 3 is 2.08 bits per heavy atom. The fraction of sp³-hybridized carbons (Fsp3) is 0.333. The first kappa shape index (κ1) is 20.0. The van der Waals surface area contributed by atoms with Crippen molar-refractivity contribution in [3.63, 3.8) is 0 Å². The molecule has 4 nitrogen and oxygen atoms in total. The van der Waals surface area contributed by atoms with Crippen LogP contribution in [0.5, 0.6) is 0 Å². The average Bonchev–Trinajstić information content (AvgIpc) is 2.57. The topological polar surface area (TPSA) is 58.2 Å². The van der Waals surface area contributed by atoms with Gasteiger partial charge in [0.05, 0.1) is 11.0 Å². The van der Waals surface area contributed by atoms with Crippen molar-refractivity contribution in [3.8, 4) is 0 Å². The summed E-state index contributed by atoms with van der Waals surface area (Å²) < 4.78 is 0. The SMILES string of the molecule is Cc1ccc(NC(=O)CS[C@@H](C)C(=O)Nc2c(C)cc(C)cc2C)cc1. The van der Waals surface area contributed by atoms with Crippen LogP contribution in [-0.4, -0.2) is 22.8 Å². The molecule has 2 aromatic carbocycles. The number of thioether (sulfide) groups is 1. The maximum atomic E-state index is 12.4. The minimum absolute atomic E-state index is 0.0896. The molecular formula is C21H26N2O2S. The van der Waals surface area contributed by atoms with E-state index in [-0.39, 0.29) is 22.8 Å². The Balaban J connectivity index is 1.87. The Kier molecular flexibility index (Phi) is 6.86. The highest BCUT2D eigenvalue weighted by atomic mass is 32.2. The van der Waals surface area contributed by atoms with E-state index >= 15 is 0 Å². The summed E-state index contributed by atoms with van der Waals surface area (Å²) in [5, 5.41) is 5.52. The standard InChI is InChI=1S/C21H26N2O2S/c1-13-6-8-18(9-7-13)22-19(24)12-26-17(5)21(25)23-20-15(3)10-14(2)11-16(20)4/h6-11,17H,12H2,1-5H3,(H,22,24)(H,23,25)/t17-/m0/s1. The molecule has 5 heteroatoms. The van der Waals surface area contributed by atoms with Gasteiger partial charge in [0, 0.05) is 11.4 Å². The molecule has 0 fully saturated rings. The molecule has 138 valence electrons. The zero-order valence-corrected chi connectivity index (χ0v) is 16.8. The minimum Gasteiger partial charge on any atom is -0.325 e. The predicted molar refractivity (Wildman–Crippen MR) is 111 cm³/mol. The summed E-state index contributed by atoms with van der Waals surface area (Å²) in [7, 11) is 0. The molecule has 0 heterocycles. The second kappa shape index (κ2) is 8.90. The number of hydrogen-bond acceptors (Lipinski definition) is 3. The van der Waals surface area contributed by atoms with Crippen molar-refractivity contribution in [2.75, 3.05) is 16.4 Å². The number of carbonyl (C=O) groups excluding carboxylic acids is 2. The van der Waals surface area contributed by atoms with Gasteiger partial charge in [-0.25, -0.2) is 0 Å². The maximum absolute atomic E-state index is 12.4. The van der Waals surface area contributed by atoms with Crippen molar-refractivity contribution in [1.82, 2.24) is 0 Å². The minimum atomic E-state index is -0.320. The number of hydrogen-bond donors (Lipinski definition) is 2. The summed E-state index contributed by atoms with van der Waals surface area (Å²) >= 11 is 1.33. The first-order valence-corrected chi connectivity index (χ1v) is 9.68. The number of anilines is 2. The lowest BCUT2D eigenvalue weighted by atomic mass is 10.1. The molecule has 0 aliphatic carbocycles. The van der Waals surface area contributed by atoms with E-state index in [0.29, 0.717) is 0 Å². The van der Waals surface area contributed by atoms with Gasteiger partial charge in [0.1, 0.15) is 0 Å². The Labute approximate surface area is 159 Å². The zero-order chi connectivity index (χ0) is 19.3. The Morgan fingerprint density at radius 2 is 1.50 bits per heavy atom. The number of carbonyl (C=O) groups is 2. The Hall–Kier alpha value is -2.27. The second-order valence-electron chi connectivity index (χ2n) is 6.63. The van der Waals surface area contributed by atoms with Crippen LogP contribution in [0.2, 0.25) is 0 Å². The smallest absolute Gasteiger partial charge is 0.237 e. The third-order valence-corrected chi connectivity index (χ3v) is 5.24. The van der Waals surface area contributed by atoms with Crippen molar-refractivity contribution in [3.05, 3.63) is 58.7 Å². The van der Waals surface area contributed by atoms with Crippen LogP contribution in [0, 0.1) is 27.7 Å². The Bertz CT molecular complexity index is 777. The fourth-order valence-corrected chi connectivity index (χ4v) is 3.40. The van der Waals surface area contributed by atoms with Crippen LogP contribution in [0.3, 0.4) is 0 Å². The van der Waals surface area contributed by atoms with Crippen LogP contribution in [0.4, 0.5) is 11.4 Å². The highest BCUT2D eigenvalue weighted by molar-refractivity contribution is 8.01. The first-order valence-electron chi connectivity index (χ1n) is 8.63. The van der Waals surface area contributed by atoms with Gasteiger partial charge in [0.25, 0.3) is 0 Å². The number of benzene rings is 2. The largest absolute Gasteiger partial charge is 0.325 e. The van der Waals surface area contributed by atoms with E-state index in [1.807, 2.05) is 58.9 Å². The lowest BCUT2D eigenvalue weighted by Crippen LogP contribution is -2.25. The summed E-state index contributed by atoms with van der Waals surface area (Å²) in [6.45, 7) is 9.83. The number of rotatable bonds is 6. The van der Waals surface area contributed by atoms with Crippen LogP contribution in [0.1, 0.15) is 29.2 Å². The number of nitrogens with one attached hydrogen (secondary N) is 2. The van der Waals surface area contributed by atoms with Gasteiger partial charge in [-0.1, -0.05) is 35.4 Å². The van der Waals surface area contributed by atoms with Gasteiger partial charge in [-0.05, 0) is 57.9 Å². The molecule has 2 amide bonds. The van der Waals surface area contributed by atoms with Gasteiger partial charge >= 0.3 is 0 Å². The molecule has 2 N–H and O–H groups in total. The molecule has 0 aliphatic rings. The Morgan fingerprint density at radius 1 is 0.923 bits per heavy atom. The van der Waals surface area contributed by atoms with E-state index in [9.17, 15) is 9.59 Å². The van der Waals surface area contributed by atoms with Crippen molar-refractivity contribution in [2.45, 2.75) is 39.9 Å². The molecule has 1 atom stereocenters. The van der Waals surface area contributed by atoms with Gasteiger partial charge in [0.15, 0.2) is 0 Å². The molecule has 0 aromatic heterocycles. The van der Waals surface area contributed by atoms with Gasteiger partial charge in [-0.3, -0.25) is 9.59 Å². The summed E-state index contributed by atoms with van der Waals surface area (Å²) in [6, 6.07) is 11.7. The lowest BCUT2D eigenvalue weighted by Gasteiger charge is -2.16. The van der Waals surface area contributed by atoms with E-state index in [1.54, 1.807) is 0 Å². The summed E-state index contributed by atoms with van der Waals surface area (Å²) in [4.78, 5) is 24.5. The lowest BCUT2D eigenvalue weighted by molar-refractivity contribution is -0.115. The fourth-order valence-electron chi connectivity index (χ4n) is 2.71. The van der Waals surface area contributed by atoms with Crippen molar-refractivity contribution >= 4 is 35.0 Å². The number of amides is 2. The summed E-state index contributed by atoms with van der Waals surface area (Å²) in [5.41, 5.74) is 6.04. The van der Waals surface area contributed by atoms with Gasteiger partial charge in [0.2, 0.25) is 11.8 Å². The molecule has 2 aromatic rings. The molecule has 0 spiro atoms. The van der Waals surface area contributed by atoms with Crippen LogP contribution >= 0.6 is 11.8 Å². The van der Waals surface area contributed by atoms with Gasteiger partial charge in [-0.15, -0.1) is 11.8 Å². The van der Waals surface area contributed by atoms with Crippen LogP contribution < -0.4 is 10.6 Å². The molecule has 0 saturated heterocycles. The van der Waals surface area contributed by atoms with E-state index in [0.717, 1.165) is 28.1 Å². The van der Waals surface area contributed by atoms with Crippen molar-refractivity contribution < 1.29 is 9.59 Å². The quantitative estimate of drug-likeness (QED) is 0.780. The molecular weight excluding hydrogens is 344 g/mol. The molecule has 26 heavy (non-hydrogen) atoms. The second-order valence-corrected chi connectivity index (χ2v) is 7.96. The van der Waals surface area contributed by atoms with E-state index in [1.165, 1.54) is 17.3 Å². The van der Waals surface area contributed by atoms with E-state index < -0.39 is 0 Å². The van der Waals surface area contributed by atoms with Crippen molar-refractivity contribution in [1.29, 1.82) is 0 Å². The molecule has 2 rings (SSSR count). The van der Waals surface area contributed by atoms with E-state index in [4.69, 9.17) is 0 Å². The summed E-state index contributed by atoms with van der Waals surface area (Å²) in [6.07, 6.45) is 0. The molecule has 0 unspecified atom stereocenters. The molecule has 0 aliphatic heterocycles. The highest BCUT2D eigenvalue weighted by Crippen LogP contribution is 2.23. The normalized spacial score (nSPS) is 11.7. The molecule has 0 radical (unpaired) electrons. The third kappa shape index (κ3) is 5.63. The van der Waals surface area contributed by atoms with Crippen molar-refractivity contribution in [2.24, 2.45) is 0 Å². The number of aryl methyl sites for hydroxylation is 4.